The molecule has 0 atom stereocenters. The molecular weight excluding hydrogens is 428 g/mol. The Balaban J connectivity index is 1.62. The second-order valence-corrected chi connectivity index (χ2v) is 8.47. The average Bonchev–Trinajstić information content (AvgIpc) is 3.40. The predicted octanol–water partition coefficient (Wildman–Crippen LogP) is 4.48. The zero-order chi connectivity index (χ0) is 22.7. The molecule has 1 saturated heterocycles. The normalized spacial score (nSPS) is 14.1. The molecule has 0 unspecified atom stereocenters. The number of nitrogens with zero attached hydrogens (tertiary/aromatic N) is 2. The molecule has 2 aromatic carbocycles. The van der Waals surface area contributed by atoms with E-state index in [0.29, 0.717) is 34.2 Å². The number of rotatable bonds is 8. The van der Waals surface area contributed by atoms with E-state index in [1.54, 1.807) is 31.4 Å². The SMILES string of the molecule is COc1ccc2c(C(=O)c3ccc(Cl)cc3)c(C)n(CC(=O)OCCN3CCCC3)c2c1. The molecule has 0 saturated carbocycles. The van der Waals surface area contributed by atoms with Crippen LogP contribution in [0.2, 0.25) is 5.02 Å². The van der Waals surface area contributed by atoms with Gasteiger partial charge in [0.25, 0.3) is 0 Å². The maximum Gasteiger partial charge on any atom is 0.326 e. The molecule has 4 rings (SSSR count). The number of halogens is 1. The van der Waals surface area contributed by atoms with Gasteiger partial charge in [0.1, 0.15) is 18.9 Å². The lowest BCUT2D eigenvalue weighted by molar-refractivity contribution is -0.144. The number of carbonyl (C=O) groups is 2. The fourth-order valence-corrected chi connectivity index (χ4v) is 4.42. The van der Waals surface area contributed by atoms with Crippen LogP contribution in [-0.4, -0.2) is 54.6 Å². The Morgan fingerprint density at radius 1 is 1.06 bits per heavy atom. The largest absolute Gasteiger partial charge is 0.497 e. The van der Waals surface area contributed by atoms with Crippen molar-refractivity contribution in [1.82, 2.24) is 9.47 Å². The van der Waals surface area contributed by atoms with E-state index in [4.69, 9.17) is 21.1 Å². The first kappa shape index (κ1) is 22.4. The Morgan fingerprint density at radius 2 is 1.78 bits per heavy atom. The van der Waals surface area contributed by atoms with Gasteiger partial charge < -0.3 is 14.0 Å². The fraction of sp³-hybridized carbons (Fsp3) is 0.360. The van der Waals surface area contributed by atoms with Crippen LogP contribution in [0, 0.1) is 6.92 Å². The van der Waals surface area contributed by atoms with Crippen LogP contribution in [0.1, 0.15) is 34.5 Å². The van der Waals surface area contributed by atoms with E-state index in [-0.39, 0.29) is 18.3 Å². The average molecular weight is 455 g/mol. The molecule has 32 heavy (non-hydrogen) atoms. The summed E-state index contributed by atoms with van der Waals surface area (Å²) in [6, 6.07) is 12.3. The van der Waals surface area contributed by atoms with E-state index in [9.17, 15) is 9.59 Å². The van der Waals surface area contributed by atoms with Crippen LogP contribution >= 0.6 is 11.6 Å². The minimum Gasteiger partial charge on any atom is -0.497 e. The summed E-state index contributed by atoms with van der Waals surface area (Å²) in [5, 5.41) is 1.34. The Bertz CT molecular complexity index is 1130. The summed E-state index contributed by atoms with van der Waals surface area (Å²) in [5.74, 6) is 0.220. The smallest absolute Gasteiger partial charge is 0.326 e. The second kappa shape index (κ2) is 9.76. The van der Waals surface area contributed by atoms with E-state index in [1.165, 1.54) is 12.8 Å². The first-order chi connectivity index (χ1) is 15.5. The first-order valence-electron chi connectivity index (χ1n) is 10.8. The summed E-state index contributed by atoms with van der Waals surface area (Å²) in [7, 11) is 1.59. The molecule has 3 aromatic rings. The number of ether oxygens (including phenoxy) is 2. The minimum absolute atomic E-state index is 0.0311. The van der Waals surface area contributed by atoms with Crippen LogP contribution in [0.5, 0.6) is 5.75 Å². The van der Waals surface area contributed by atoms with Gasteiger partial charge >= 0.3 is 5.97 Å². The second-order valence-electron chi connectivity index (χ2n) is 8.03. The van der Waals surface area contributed by atoms with Gasteiger partial charge in [0.2, 0.25) is 0 Å². The number of carbonyl (C=O) groups excluding carboxylic acids is 2. The van der Waals surface area contributed by atoms with E-state index in [0.717, 1.165) is 30.5 Å². The fourth-order valence-electron chi connectivity index (χ4n) is 4.29. The van der Waals surface area contributed by atoms with Crippen molar-refractivity contribution in [2.45, 2.75) is 26.3 Å². The van der Waals surface area contributed by atoms with Crippen LogP contribution in [0.4, 0.5) is 0 Å². The lowest BCUT2D eigenvalue weighted by atomic mass is 10.0. The maximum atomic E-state index is 13.4. The molecule has 1 aromatic heterocycles. The van der Waals surface area contributed by atoms with Crippen molar-refractivity contribution in [3.63, 3.8) is 0 Å². The van der Waals surface area contributed by atoms with Gasteiger partial charge in [-0.2, -0.15) is 0 Å². The van der Waals surface area contributed by atoms with Gasteiger partial charge in [0, 0.05) is 34.3 Å². The van der Waals surface area contributed by atoms with Gasteiger partial charge in [0.05, 0.1) is 18.2 Å². The van der Waals surface area contributed by atoms with Crippen molar-refractivity contribution in [2.75, 3.05) is 33.4 Å². The van der Waals surface area contributed by atoms with Gasteiger partial charge in [-0.15, -0.1) is 0 Å². The Hall–Kier alpha value is -2.83. The van der Waals surface area contributed by atoms with Gasteiger partial charge in [-0.3, -0.25) is 14.5 Å². The van der Waals surface area contributed by atoms with E-state index < -0.39 is 0 Å². The number of esters is 1. The van der Waals surface area contributed by atoms with Gasteiger partial charge in [-0.25, -0.2) is 0 Å². The molecule has 1 fully saturated rings. The Kier molecular flexibility index (Phi) is 6.82. The molecule has 6 nitrogen and oxygen atoms in total. The maximum absolute atomic E-state index is 13.4. The summed E-state index contributed by atoms with van der Waals surface area (Å²) in [6.07, 6.45) is 2.41. The molecule has 0 N–H and O–H groups in total. The van der Waals surface area contributed by atoms with Crippen molar-refractivity contribution >= 4 is 34.3 Å². The molecule has 1 aliphatic heterocycles. The standard InChI is InChI=1S/C25H27ClN2O4/c1-17-24(25(30)18-5-7-19(26)8-6-18)21-10-9-20(31-2)15-22(21)28(17)16-23(29)32-14-13-27-11-3-4-12-27/h5-10,15H,3-4,11-14,16H2,1-2H3. The van der Waals surface area contributed by atoms with Crippen molar-refractivity contribution in [3.8, 4) is 5.75 Å². The minimum atomic E-state index is -0.322. The number of hydrogen-bond acceptors (Lipinski definition) is 5. The highest BCUT2D eigenvalue weighted by molar-refractivity contribution is 6.30. The third-order valence-corrected chi connectivity index (χ3v) is 6.27. The molecule has 0 radical (unpaired) electrons. The Labute approximate surface area is 192 Å². The van der Waals surface area contributed by atoms with Crippen LogP contribution in [0.15, 0.2) is 42.5 Å². The van der Waals surface area contributed by atoms with E-state index >= 15 is 0 Å². The highest BCUT2D eigenvalue weighted by atomic mass is 35.5. The molecule has 168 valence electrons. The zero-order valence-corrected chi connectivity index (χ0v) is 19.2. The lowest BCUT2D eigenvalue weighted by Gasteiger charge is -2.15. The first-order valence-corrected chi connectivity index (χ1v) is 11.2. The van der Waals surface area contributed by atoms with Crippen LogP contribution < -0.4 is 4.74 Å². The van der Waals surface area contributed by atoms with Crippen LogP contribution in [-0.2, 0) is 16.1 Å². The quantitative estimate of drug-likeness (QED) is 0.371. The summed E-state index contributed by atoms with van der Waals surface area (Å²) in [6.45, 7) is 5.14. The third kappa shape index (κ3) is 4.66. The highest BCUT2D eigenvalue weighted by Gasteiger charge is 2.23. The van der Waals surface area contributed by atoms with Gasteiger partial charge in [-0.05, 0) is 69.3 Å². The number of aromatic nitrogens is 1. The van der Waals surface area contributed by atoms with Crippen molar-refractivity contribution in [1.29, 1.82) is 0 Å². The molecule has 0 spiro atoms. The molecular formula is C25H27ClN2O4. The zero-order valence-electron chi connectivity index (χ0n) is 18.4. The number of hydrogen-bond donors (Lipinski definition) is 0. The molecule has 0 bridgehead atoms. The van der Waals surface area contributed by atoms with E-state index in [2.05, 4.69) is 4.90 Å². The van der Waals surface area contributed by atoms with Crippen LogP contribution in [0.25, 0.3) is 10.9 Å². The van der Waals surface area contributed by atoms with Crippen molar-refractivity contribution < 1.29 is 19.1 Å². The predicted molar refractivity (Wildman–Crippen MR) is 125 cm³/mol. The highest BCUT2D eigenvalue weighted by Crippen LogP contribution is 2.31. The molecule has 7 heteroatoms. The summed E-state index contributed by atoms with van der Waals surface area (Å²) < 4.78 is 12.7. The molecule has 2 heterocycles. The number of benzene rings is 2. The monoisotopic (exact) mass is 454 g/mol. The number of likely N-dealkylation sites (tertiary alicyclic amines) is 1. The third-order valence-electron chi connectivity index (χ3n) is 6.02. The van der Waals surface area contributed by atoms with Gasteiger partial charge in [-0.1, -0.05) is 11.6 Å². The van der Waals surface area contributed by atoms with Crippen molar-refractivity contribution in [3.05, 3.63) is 64.3 Å². The Morgan fingerprint density at radius 3 is 2.47 bits per heavy atom. The molecule has 0 amide bonds. The number of ketones is 1. The van der Waals surface area contributed by atoms with Crippen LogP contribution in [0.3, 0.4) is 0 Å². The summed E-state index contributed by atoms with van der Waals surface area (Å²) in [4.78, 5) is 28.3. The molecule has 0 aliphatic carbocycles. The van der Waals surface area contributed by atoms with Crippen molar-refractivity contribution in [2.24, 2.45) is 0 Å². The van der Waals surface area contributed by atoms with Gasteiger partial charge in [0.15, 0.2) is 5.78 Å². The summed E-state index contributed by atoms with van der Waals surface area (Å²) >= 11 is 5.98. The van der Waals surface area contributed by atoms with E-state index in [1.807, 2.05) is 29.7 Å². The topological polar surface area (TPSA) is 60.8 Å². The lowest BCUT2D eigenvalue weighted by Crippen LogP contribution is -2.26. The summed E-state index contributed by atoms with van der Waals surface area (Å²) in [5.41, 5.74) is 2.58. The molecule has 1 aliphatic rings. The number of fused-ring (bicyclic) bond motifs is 1. The number of methoxy groups -OCH3 is 1.